The molecule has 0 bridgehead atoms. The molecule has 1 aromatic carbocycles. The fraction of sp³-hybridized carbons (Fsp3) is 0.467. The zero-order chi connectivity index (χ0) is 14.7. The predicted octanol–water partition coefficient (Wildman–Crippen LogP) is -0.0902. The summed E-state index contributed by atoms with van der Waals surface area (Å²) < 4.78 is 7.48. The van der Waals surface area contributed by atoms with Gasteiger partial charge in [-0.15, -0.1) is 0 Å². The maximum atomic E-state index is 11.4. The van der Waals surface area contributed by atoms with Crippen molar-refractivity contribution in [1.82, 2.24) is 9.55 Å². The number of morpholine rings is 1. The average molecular weight is 289 g/mol. The molecule has 2 N–H and O–H groups in total. The molecule has 3 rings (SSSR count). The fourth-order valence-corrected chi connectivity index (χ4v) is 2.73. The zero-order valence-electron chi connectivity index (χ0n) is 12.3. The van der Waals surface area contributed by atoms with Gasteiger partial charge in [0.05, 0.1) is 37.3 Å². The molecule has 21 heavy (non-hydrogen) atoms. The molecule has 0 atom stereocenters. The Morgan fingerprint density at radius 3 is 2.90 bits per heavy atom. The number of carbonyl (C=O) groups excluding carboxylic acids is 1. The van der Waals surface area contributed by atoms with Crippen molar-refractivity contribution in [2.24, 2.45) is 0 Å². The third-order valence-electron chi connectivity index (χ3n) is 3.83. The van der Waals surface area contributed by atoms with Crippen LogP contribution in [0.5, 0.6) is 0 Å². The van der Waals surface area contributed by atoms with E-state index in [0.29, 0.717) is 5.95 Å². The molecule has 0 aliphatic carbocycles. The summed E-state index contributed by atoms with van der Waals surface area (Å²) in [6.45, 7) is 7.11. The van der Waals surface area contributed by atoms with Crippen molar-refractivity contribution < 1.29 is 14.4 Å². The second-order valence-corrected chi connectivity index (χ2v) is 5.37. The number of rotatable bonds is 4. The van der Waals surface area contributed by atoms with Crippen molar-refractivity contribution in [3.05, 3.63) is 24.3 Å². The van der Waals surface area contributed by atoms with E-state index in [0.717, 1.165) is 50.4 Å². The van der Waals surface area contributed by atoms with E-state index < -0.39 is 0 Å². The summed E-state index contributed by atoms with van der Waals surface area (Å²) in [5, 5.41) is 2.83. The van der Waals surface area contributed by atoms with Crippen LogP contribution in [0, 0.1) is 0 Å². The highest BCUT2D eigenvalue weighted by Gasteiger charge is 2.16. The number of imidazole rings is 1. The molecule has 6 nitrogen and oxygen atoms in total. The van der Waals surface area contributed by atoms with Crippen molar-refractivity contribution >= 4 is 22.9 Å². The van der Waals surface area contributed by atoms with E-state index in [9.17, 15) is 4.79 Å². The van der Waals surface area contributed by atoms with Crippen LogP contribution in [0.3, 0.4) is 0 Å². The van der Waals surface area contributed by atoms with E-state index in [4.69, 9.17) is 4.74 Å². The first-order valence-corrected chi connectivity index (χ1v) is 7.38. The van der Waals surface area contributed by atoms with Gasteiger partial charge in [0, 0.05) is 6.92 Å². The number of nitrogens with zero attached hydrogens (tertiary/aromatic N) is 2. The Kier molecular flexibility index (Phi) is 4.17. The number of para-hydroxylation sites is 2. The van der Waals surface area contributed by atoms with Crippen LogP contribution in [-0.2, 0) is 16.1 Å². The first kappa shape index (κ1) is 14.0. The second-order valence-electron chi connectivity index (χ2n) is 5.37. The lowest BCUT2D eigenvalue weighted by Crippen LogP contribution is -3.14. The average Bonchev–Trinajstić information content (AvgIpc) is 2.82. The number of anilines is 1. The molecule has 0 radical (unpaired) electrons. The summed E-state index contributed by atoms with van der Waals surface area (Å²) in [6.07, 6.45) is 0. The van der Waals surface area contributed by atoms with Gasteiger partial charge in [-0.25, -0.2) is 4.98 Å². The molecule has 1 aliphatic heterocycles. The zero-order valence-corrected chi connectivity index (χ0v) is 12.3. The maximum absolute atomic E-state index is 11.4. The van der Waals surface area contributed by atoms with E-state index in [2.05, 4.69) is 14.9 Å². The molecule has 2 heterocycles. The standard InChI is InChI=1S/C15H20N4O2/c1-12(20)16-15-17-13-4-2-3-5-14(13)19(15)7-6-18-8-10-21-11-9-18/h2-5H,6-11H2,1H3,(H,16,17,20)/p+1. The van der Waals surface area contributed by atoms with Crippen molar-refractivity contribution in [3.8, 4) is 0 Å². The molecular formula is C15H21N4O2+. The van der Waals surface area contributed by atoms with Crippen molar-refractivity contribution in [2.75, 3.05) is 38.2 Å². The Labute approximate surface area is 123 Å². The third kappa shape index (κ3) is 3.22. The van der Waals surface area contributed by atoms with Crippen molar-refractivity contribution in [2.45, 2.75) is 13.5 Å². The lowest BCUT2D eigenvalue weighted by atomic mass is 10.3. The Hall–Kier alpha value is -1.92. The summed E-state index contributed by atoms with van der Waals surface area (Å²) in [4.78, 5) is 17.4. The fourth-order valence-electron chi connectivity index (χ4n) is 2.73. The number of aromatic nitrogens is 2. The van der Waals surface area contributed by atoms with E-state index in [1.807, 2.05) is 24.3 Å². The molecule has 1 fully saturated rings. The molecule has 0 unspecified atom stereocenters. The molecule has 0 spiro atoms. The van der Waals surface area contributed by atoms with E-state index >= 15 is 0 Å². The molecule has 1 aromatic heterocycles. The number of ether oxygens (including phenoxy) is 1. The first-order valence-electron chi connectivity index (χ1n) is 7.38. The molecule has 1 aliphatic rings. The van der Waals surface area contributed by atoms with E-state index in [1.165, 1.54) is 11.8 Å². The first-order chi connectivity index (χ1) is 10.2. The van der Waals surface area contributed by atoms with E-state index in [-0.39, 0.29) is 5.91 Å². The topological polar surface area (TPSA) is 60.6 Å². The molecule has 6 heteroatoms. The Morgan fingerprint density at radius 1 is 1.38 bits per heavy atom. The number of hydrogen-bond donors (Lipinski definition) is 2. The van der Waals surface area contributed by atoms with Gasteiger partial charge >= 0.3 is 0 Å². The molecule has 1 amide bonds. The SMILES string of the molecule is CC(=O)Nc1nc2ccccc2n1CC[NH+]1CCOCC1. The highest BCUT2D eigenvalue weighted by molar-refractivity contribution is 5.89. The monoisotopic (exact) mass is 289 g/mol. The summed E-state index contributed by atoms with van der Waals surface area (Å²) in [5.74, 6) is 0.543. The minimum absolute atomic E-state index is 0.0923. The van der Waals surface area contributed by atoms with Crippen LogP contribution in [0.4, 0.5) is 5.95 Å². The number of nitrogens with one attached hydrogen (secondary N) is 2. The van der Waals surface area contributed by atoms with Gasteiger partial charge in [0.2, 0.25) is 11.9 Å². The smallest absolute Gasteiger partial charge is 0.223 e. The van der Waals surface area contributed by atoms with Gasteiger partial charge < -0.3 is 14.2 Å². The van der Waals surface area contributed by atoms with E-state index in [1.54, 1.807) is 0 Å². The van der Waals surface area contributed by atoms with Crippen molar-refractivity contribution in [3.63, 3.8) is 0 Å². The largest absolute Gasteiger partial charge is 0.370 e. The summed E-state index contributed by atoms with van der Waals surface area (Å²) in [7, 11) is 0. The minimum atomic E-state index is -0.0923. The lowest BCUT2D eigenvalue weighted by Gasteiger charge is -2.24. The van der Waals surface area contributed by atoms with Gasteiger partial charge in [-0.2, -0.15) is 0 Å². The summed E-state index contributed by atoms with van der Waals surface area (Å²) >= 11 is 0. The number of quaternary nitrogens is 1. The third-order valence-corrected chi connectivity index (χ3v) is 3.83. The Balaban J connectivity index is 1.82. The number of amides is 1. The Morgan fingerprint density at radius 2 is 2.14 bits per heavy atom. The van der Waals surface area contributed by atoms with Gasteiger partial charge in [-0.3, -0.25) is 10.1 Å². The molecular weight excluding hydrogens is 268 g/mol. The highest BCUT2D eigenvalue weighted by atomic mass is 16.5. The van der Waals surface area contributed by atoms with Gasteiger partial charge in [-0.05, 0) is 12.1 Å². The van der Waals surface area contributed by atoms with Crippen LogP contribution in [0.15, 0.2) is 24.3 Å². The molecule has 2 aromatic rings. The number of carbonyl (C=O) groups is 1. The summed E-state index contributed by atoms with van der Waals surface area (Å²) in [6, 6.07) is 7.98. The number of benzene rings is 1. The highest BCUT2D eigenvalue weighted by Crippen LogP contribution is 2.18. The molecule has 0 saturated carbocycles. The van der Waals surface area contributed by atoms with Crippen molar-refractivity contribution in [1.29, 1.82) is 0 Å². The van der Waals surface area contributed by atoms with Crippen LogP contribution in [0.1, 0.15) is 6.92 Å². The quantitative estimate of drug-likeness (QED) is 0.827. The van der Waals surface area contributed by atoms with Gasteiger partial charge in [-0.1, -0.05) is 12.1 Å². The van der Waals surface area contributed by atoms with Crippen LogP contribution in [0.25, 0.3) is 11.0 Å². The van der Waals surface area contributed by atoms with Gasteiger partial charge in [0.1, 0.15) is 13.1 Å². The normalized spacial score (nSPS) is 16.2. The number of fused-ring (bicyclic) bond motifs is 1. The van der Waals surface area contributed by atoms with Crippen LogP contribution in [0.2, 0.25) is 0 Å². The van der Waals surface area contributed by atoms with Crippen LogP contribution >= 0.6 is 0 Å². The Bertz CT molecular complexity index is 632. The van der Waals surface area contributed by atoms with Crippen LogP contribution in [-0.4, -0.2) is 48.3 Å². The summed E-state index contributed by atoms with van der Waals surface area (Å²) in [5.41, 5.74) is 1.98. The molecule has 1 saturated heterocycles. The lowest BCUT2D eigenvalue weighted by molar-refractivity contribution is -0.908. The van der Waals surface area contributed by atoms with Crippen LogP contribution < -0.4 is 10.2 Å². The minimum Gasteiger partial charge on any atom is -0.370 e. The second kappa shape index (κ2) is 6.24. The van der Waals surface area contributed by atoms with Gasteiger partial charge in [0.25, 0.3) is 0 Å². The maximum Gasteiger partial charge on any atom is 0.223 e. The molecule has 112 valence electrons. The van der Waals surface area contributed by atoms with Gasteiger partial charge in [0.15, 0.2) is 0 Å². The number of hydrogen-bond acceptors (Lipinski definition) is 3. The predicted molar refractivity (Wildman–Crippen MR) is 80.4 cm³/mol.